The second-order valence-electron chi connectivity index (χ2n) is 4.44. The molecule has 4 heteroatoms. The number of carbonyl (C=O) groups is 1. The largest absolute Gasteiger partial charge is 0.351 e. The second kappa shape index (κ2) is 8.09. The summed E-state index contributed by atoms with van der Waals surface area (Å²) in [5.74, 6) is 0.370. The summed E-state index contributed by atoms with van der Waals surface area (Å²) in [5.41, 5.74) is 6.86. The lowest BCUT2D eigenvalue weighted by Gasteiger charge is -2.14. The van der Waals surface area contributed by atoms with Crippen molar-refractivity contribution in [1.82, 2.24) is 5.32 Å². The van der Waals surface area contributed by atoms with E-state index in [2.05, 4.69) is 19.2 Å². The lowest BCUT2D eigenvalue weighted by molar-refractivity contribution is -0.122. The maximum atomic E-state index is 11.6. The first-order chi connectivity index (χ1) is 7.59. The van der Waals surface area contributed by atoms with Gasteiger partial charge < -0.3 is 11.1 Å². The van der Waals surface area contributed by atoms with E-state index in [0.717, 1.165) is 12.0 Å². The van der Waals surface area contributed by atoms with Gasteiger partial charge in [0.05, 0.1) is 6.04 Å². The fraction of sp³-hybridized carbons (Fsp3) is 0.462. The van der Waals surface area contributed by atoms with Gasteiger partial charge in [0.15, 0.2) is 0 Å². The highest BCUT2D eigenvalue weighted by Gasteiger charge is 2.13. The lowest BCUT2D eigenvalue weighted by atomic mass is 10.0. The van der Waals surface area contributed by atoms with E-state index in [9.17, 15) is 4.79 Å². The molecule has 0 fully saturated rings. The summed E-state index contributed by atoms with van der Waals surface area (Å²) < 4.78 is 0. The van der Waals surface area contributed by atoms with Gasteiger partial charge in [-0.1, -0.05) is 44.2 Å². The third-order valence-corrected chi connectivity index (χ3v) is 2.37. The molecule has 3 nitrogen and oxygen atoms in total. The van der Waals surface area contributed by atoms with Crippen LogP contribution in [0.4, 0.5) is 0 Å². The van der Waals surface area contributed by atoms with Crippen molar-refractivity contribution < 1.29 is 4.79 Å². The summed E-state index contributed by atoms with van der Waals surface area (Å²) in [7, 11) is 0. The van der Waals surface area contributed by atoms with Crippen LogP contribution in [0.2, 0.25) is 0 Å². The molecule has 3 N–H and O–H groups in total. The smallest absolute Gasteiger partial charge is 0.237 e. The van der Waals surface area contributed by atoms with Gasteiger partial charge in [0.1, 0.15) is 0 Å². The summed E-state index contributed by atoms with van der Waals surface area (Å²) in [6.07, 6.45) is 0.723. The van der Waals surface area contributed by atoms with Crippen molar-refractivity contribution in [1.29, 1.82) is 0 Å². The van der Waals surface area contributed by atoms with Crippen molar-refractivity contribution in [3.63, 3.8) is 0 Å². The highest BCUT2D eigenvalue weighted by Crippen LogP contribution is 2.03. The number of rotatable bonds is 5. The van der Waals surface area contributed by atoms with Gasteiger partial charge in [-0.25, -0.2) is 0 Å². The van der Waals surface area contributed by atoms with Crippen molar-refractivity contribution in [2.75, 3.05) is 0 Å². The number of nitrogens with one attached hydrogen (secondary N) is 1. The predicted octanol–water partition coefficient (Wildman–Crippen LogP) is 2.10. The molecular weight excluding hydrogens is 236 g/mol. The zero-order chi connectivity index (χ0) is 12.0. The fourth-order valence-electron chi connectivity index (χ4n) is 1.53. The van der Waals surface area contributed by atoms with Crippen LogP contribution in [0, 0.1) is 5.92 Å². The van der Waals surface area contributed by atoms with E-state index in [4.69, 9.17) is 5.73 Å². The van der Waals surface area contributed by atoms with E-state index < -0.39 is 6.04 Å². The van der Waals surface area contributed by atoms with E-state index in [0.29, 0.717) is 12.5 Å². The first kappa shape index (κ1) is 15.9. The zero-order valence-corrected chi connectivity index (χ0v) is 11.2. The van der Waals surface area contributed by atoms with Crippen molar-refractivity contribution >= 4 is 18.3 Å². The van der Waals surface area contributed by atoms with Gasteiger partial charge >= 0.3 is 0 Å². The van der Waals surface area contributed by atoms with Gasteiger partial charge in [-0.15, -0.1) is 12.4 Å². The Labute approximate surface area is 109 Å². The molecule has 1 atom stereocenters. The van der Waals surface area contributed by atoms with Crippen molar-refractivity contribution in [3.8, 4) is 0 Å². The maximum Gasteiger partial charge on any atom is 0.237 e. The standard InChI is InChI=1S/C13H20N2O.ClH/c1-10(2)8-12(14)13(16)15-9-11-6-4-3-5-7-11;/h3-7,10,12H,8-9,14H2,1-2H3,(H,15,16);1H/t12-;/m0./s1. The molecule has 0 saturated heterocycles. The molecule has 96 valence electrons. The average Bonchev–Trinajstić information content (AvgIpc) is 2.26. The number of benzene rings is 1. The highest BCUT2D eigenvalue weighted by molar-refractivity contribution is 5.85. The number of halogens is 1. The van der Waals surface area contributed by atoms with E-state index >= 15 is 0 Å². The van der Waals surface area contributed by atoms with Crippen LogP contribution in [0.25, 0.3) is 0 Å². The molecule has 0 heterocycles. The summed E-state index contributed by atoms with van der Waals surface area (Å²) in [6, 6.07) is 9.42. The number of amides is 1. The Morgan fingerprint density at radius 2 is 1.88 bits per heavy atom. The Morgan fingerprint density at radius 1 is 1.29 bits per heavy atom. The molecule has 0 aliphatic heterocycles. The molecule has 0 saturated carbocycles. The zero-order valence-electron chi connectivity index (χ0n) is 10.3. The Balaban J connectivity index is 0.00000256. The van der Waals surface area contributed by atoms with E-state index in [1.54, 1.807) is 0 Å². The van der Waals surface area contributed by atoms with Crippen molar-refractivity contribution in [3.05, 3.63) is 35.9 Å². The van der Waals surface area contributed by atoms with Crippen LogP contribution >= 0.6 is 12.4 Å². The lowest BCUT2D eigenvalue weighted by Crippen LogP contribution is -2.40. The van der Waals surface area contributed by atoms with Crippen LogP contribution in [0.5, 0.6) is 0 Å². The minimum Gasteiger partial charge on any atom is -0.351 e. The summed E-state index contributed by atoms with van der Waals surface area (Å²) in [4.78, 5) is 11.6. The fourth-order valence-corrected chi connectivity index (χ4v) is 1.53. The van der Waals surface area contributed by atoms with Crippen LogP contribution in [-0.4, -0.2) is 11.9 Å². The van der Waals surface area contributed by atoms with Gasteiger partial charge in [-0.2, -0.15) is 0 Å². The molecular formula is C13H21ClN2O. The molecule has 1 amide bonds. The van der Waals surface area contributed by atoms with Crippen molar-refractivity contribution in [2.45, 2.75) is 32.9 Å². The van der Waals surface area contributed by atoms with Gasteiger partial charge in [0.25, 0.3) is 0 Å². The van der Waals surface area contributed by atoms with Gasteiger partial charge in [0.2, 0.25) is 5.91 Å². The molecule has 1 aromatic carbocycles. The van der Waals surface area contributed by atoms with E-state index in [1.807, 2.05) is 30.3 Å². The Bertz CT molecular complexity index is 327. The molecule has 0 unspecified atom stereocenters. The van der Waals surface area contributed by atoms with E-state index in [-0.39, 0.29) is 18.3 Å². The summed E-state index contributed by atoms with van der Waals surface area (Å²) >= 11 is 0. The first-order valence-corrected chi connectivity index (χ1v) is 5.67. The second-order valence-corrected chi connectivity index (χ2v) is 4.44. The Hall–Kier alpha value is -1.06. The molecule has 0 bridgehead atoms. The van der Waals surface area contributed by atoms with Gasteiger partial charge in [-0.3, -0.25) is 4.79 Å². The average molecular weight is 257 g/mol. The van der Waals surface area contributed by atoms with Crippen molar-refractivity contribution in [2.24, 2.45) is 11.7 Å². The normalized spacial score (nSPS) is 11.8. The maximum absolute atomic E-state index is 11.6. The topological polar surface area (TPSA) is 55.1 Å². The minimum atomic E-state index is -0.399. The number of nitrogens with two attached hydrogens (primary N) is 1. The van der Waals surface area contributed by atoms with Crippen LogP contribution in [-0.2, 0) is 11.3 Å². The molecule has 0 aliphatic carbocycles. The summed E-state index contributed by atoms with van der Waals surface area (Å²) in [6.45, 7) is 4.67. The van der Waals surface area contributed by atoms with Crippen LogP contribution in [0.15, 0.2) is 30.3 Å². The molecule has 0 aromatic heterocycles. The molecule has 0 spiro atoms. The third kappa shape index (κ3) is 6.29. The van der Waals surface area contributed by atoms with Crippen LogP contribution in [0.3, 0.4) is 0 Å². The quantitative estimate of drug-likeness (QED) is 0.848. The molecule has 0 radical (unpaired) electrons. The van der Waals surface area contributed by atoms with Crippen LogP contribution < -0.4 is 11.1 Å². The number of hydrogen-bond acceptors (Lipinski definition) is 2. The van der Waals surface area contributed by atoms with Gasteiger partial charge in [-0.05, 0) is 17.9 Å². The van der Waals surface area contributed by atoms with Gasteiger partial charge in [0, 0.05) is 6.54 Å². The Morgan fingerprint density at radius 3 is 2.41 bits per heavy atom. The SMILES string of the molecule is CC(C)C[C@H](N)C(=O)NCc1ccccc1.Cl. The predicted molar refractivity (Wildman–Crippen MR) is 73.0 cm³/mol. The Kier molecular flexibility index (Phi) is 7.59. The third-order valence-electron chi connectivity index (χ3n) is 2.37. The number of carbonyl (C=O) groups excluding carboxylic acids is 1. The summed E-state index contributed by atoms with van der Waals surface area (Å²) in [5, 5.41) is 2.84. The highest BCUT2D eigenvalue weighted by atomic mass is 35.5. The minimum absolute atomic E-state index is 0. The molecule has 1 aromatic rings. The monoisotopic (exact) mass is 256 g/mol. The molecule has 1 rings (SSSR count). The number of hydrogen-bond donors (Lipinski definition) is 2. The molecule has 0 aliphatic rings. The first-order valence-electron chi connectivity index (χ1n) is 5.67. The molecule has 17 heavy (non-hydrogen) atoms. The van der Waals surface area contributed by atoms with Crippen LogP contribution in [0.1, 0.15) is 25.8 Å². The van der Waals surface area contributed by atoms with E-state index in [1.165, 1.54) is 0 Å².